The molecular weight excluding hydrogens is 487 g/mol. The Kier molecular flexibility index (Phi) is 6.61. The predicted molar refractivity (Wildman–Crippen MR) is 125 cm³/mol. The summed E-state index contributed by atoms with van der Waals surface area (Å²) in [5.41, 5.74) is 0.181. The van der Waals surface area contributed by atoms with Crippen LogP contribution in [0.25, 0.3) is 0 Å². The van der Waals surface area contributed by atoms with Gasteiger partial charge in [0, 0.05) is 10.6 Å². The van der Waals surface area contributed by atoms with Crippen molar-refractivity contribution in [3.05, 3.63) is 80.8 Å². The van der Waals surface area contributed by atoms with Crippen LogP contribution in [0.3, 0.4) is 0 Å². The normalized spacial score (nSPS) is 21.8. The zero-order valence-electron chi connectivity index (χ0n) is 17.5. The minimum Gasteiger partial charge on any atom is -0.292 e. The average molecular weight is 506 g/mol. The van der Waals surface area contributed by atoms with Crippen molar-refractivity contribution in [2.45, 2.75) is 13.3 Å². The van der Waals surface area contributed by atoms with E-state index in [-0.39, 0.29) is 27.1 Å². The largest absolute Gasteiger partial charge is 0.292 e. The molecule has 2 aromatic rings. The van der Waals surface area contributed by atoms with Gasteiger partial charge in [0.1, 0.15) is 6.54 Å². The quantitative estimate of drug-likeness (QED) is 0.322. The Bertz CT molecular complexity index is 1200. The molecule has 0 unspecified atom stereocenters. The lowest BCUT2D eigenvalue weighted by Crippen LogP contribution is -2.52. The third-order valence-electron chi connectivity index (χ3n) is 5.95. The lowest BCUT2D eigenvalue weighted by molar-refractivity contribution is -0.154. The number of benzene rings is 2. The molecule has 0 radical (unpaired) electrons. The van der Waals surface area contributed by atoms with Gasteiger partial charge in [-0.1, -0.05) is 66.0 Å². The molecule has 33 heavy (non-hydrogen) atoms. The molecule has 1 aliphatic carbocycles. The molecule has 0 aromatic heterocycles. The number of rotatable bonds is 5. The molecule has 170 valence electrons. The molecule has 1 aliphatic heterocycles. The van der Waals surface area contributed by atoms with E-state index in [4.69, 9.17) is 34.8 Å². The minimum absolute atomic E-state index is 0.0656. The van der Waals surface area contributed by atoms with Gasteiger partial charge in [-0.2, -0.15) is 5.01 Å². The smallest absolute Gasteiger partial charge is 0.274 e. The van der Waals surface area contributed by atoms with Gasteiger partial charge in [-0.3, -0.25) is 19.2 Å². The summed E-state index contributed by atoms with van der Waals surface area (Å²) >= 11 is 18.3. The number of hydrazine groups is 1. The van der Waals surface area contributed by atoms with E-state index in [1.54, 1.807) is 12.1 Å². The van der Waals surface area contributed by atoms with Crippen LogP contribution in [-0.4, -0.2) is 40.1 Å². The van der Waals surface area contributed by atoms with Crippen molar-refractivity contribution in [1.29, 1.82) is 0 Å². The predicted octanol–water partition coefficient (Wildman–Crippen LogP) is 5.08. The van der Waals surface area contributed by atoms with Crippen molar-refractivity contribution in [3.8, 4) is 0 Å². The summed E-state index contributed by atoms with van der Waals surface area (Å²) in [5.74, 6) is -3.69. The lowest BCUT2D eigenvalue weighted by Gasteiger charge is -2.30. The Balaban J connectivity index is 1.74. The maximum absolute atomic E-state index is 13.5. The first kappa shape index (κ1) is 23.5. The summed E-state index contributed by atoms with van der Waals surface area (Å²) in [5, 5.41) is 2.27. The van der Waals surface area contributed by atoms with Gasteiger partial charge < -0.3 is 0 Å². The first-order valence-corrected chi connectivity index (χ1v) is 11.4. The van der Waals surface area contributed by atoms with Crippen molar-refractivity contribution < 1.29 is 19.2 Å². The second kappa shape index (κ2) is 9.29. The summed E-state index contributed by atoms with van der Waals surface area (Å²) < 4.78 is 0. The molecule has 0 spiro atoms. The van der Waals surface area contributed by atoms with Crippen LogP contribution in [0.4, 0.5) is 0 Å². The summed E-state index contributed by atoms with van der Waals surface area (Å²) in [7, 11) is 0. The Hall–Kier alpha value is -2.67. The minimum atomic E-state index is -0.736. The molecule has 1 heterocycles. The first-order valence-electron chi connectivity index (χ1n) is 10.3. The van der Waals surface area contributed by atoms with E-state index in [1.807, 2.05) is 19.1 Å². The fourth-order valence-corrected chi connectivity index (χ4v) is 5.04. The Morgan fingerprint density at radius 2 is 1.73 bits per heavy atom. The number of imide groups is 1. The maximum Gasteiger partial charge on any atom is 0.274 e. The zero-order valence-corrected chi connectivity index (χ0v) is 19.8. The molecule has 0 saturated carbocycles. The van der Waals surface area contributed by atoms with Crippen molar-refractivity contribution >= 4 is 58.3 Å². The summed E-state index contributed by atoms with van der Waals surface area (Å²) in [6.45, 7) is 1.27. The Morgan fingerprint density at radius 1 is 1.00 bits per heavy atom. The van der Waals surface area contributed by atoms with Crippen molar-refractivity contribution in [3.63, 3.8) is 0 Å². The third-order valence-corrected chi connectivity index (χ3v) is 6.83. The van der Waals surface area contributed by atoms with E-state index in [2.05, 4.69) is 0 Å². The molecular formula is C24H19Cl3N2O4. The van der Waals surface area contributed by atoms with Gasteiger partial charge >= 0.3 is 0 Å². The molecule has 2 aliphatic rings. The van der Waals surface area contributed by atoms with E-state index in [0.29, 0.717) is 11.4 Å². The standard InChI is InChI=1S/C24H19Cl3N2O4/c1-13-5-4-7-17-21(13)24(33)29(23(17)32)28(22(31)16-6-2-3-8-18(16)26)12-20(30)15-10-9-14(25)11-19(15)27/h2-6,8-11,13,17,21H,7,12H2,1H3/t13-,17-,21+/m1/s1. The van der Waals surface area contributed by atoms with Gasteiger partial charge in [0.15, 0.2) is 5.78 Å². The van der Waals surface area contributed by atoms with Crippen LogP contribution in [-0.2, 0) is 9.59 Å². The number of fused-ring (bicyclic) bond motifs is 1. The van der Waals surface area contributed by atoms with Crippen LogP contribution in [0, 0.1) is 17.8 Å². The van der Waals surface area contributed by atoms with Gasteiger partial charge in [0.05, 0.1) is 27.4 Å². The molecule has 1 fully saturated rings. The van der Waals surface area contributed by atoms with Gasteiger partial charge in [-0.05, 0) is 42.7 Å². The highest BCUT2D eigenvalue weighted by Crippen LogP contribution is 2.39. The molecule has 9 heteroatoms. The van der Waals surface area contributed by atoms with Crippen molar-refractivity contribution in [2.24, 2.45) is 17.8 Å². The third kappa shape index (κ3) is 4.31. The van der Waals surface area contributed by atoms with Crippen LogP contribution in [0.5, 0.6) is 0 Å². The Labute approximate surface area is 205 Å². The van der Waals surface area contributed by atoms with E-state index < -0.39 is 41.9 Å². The SMILES string of the molecule is C[C@@H]1C=CC[C@H]2C(=O)N(N(CC(=O)c3ccc(Cl)cc3Cl)C(=O)c3ccccc3Cl)C(=O)[C@@H]12. The van der Waals surface area contributed by atoms with Gasteiger partial charge in [-0.15, -0.1) is 0 Å². The van der Waals surface area contributed by atoms with Crippen LogP contribution in [0.2, 0.25) is 15.1 Å². The molecule has 0 bridgehead atoms. The second-order valence-electron chi connectivity index (χ2n) is 8.03. The highest BCUT2D eigenvalue weighted by Gasteiger charge is 2.53. The molecule has 3 amide bonds. The second-order valence-corrected chi connectivity index (χ2v) is 9.28. The number of hydrogen-bond acceptors (Lipinski definition) is 4. The number of hydrogen-bond donors (Lipinski definition) is 0. The Morgan fingerprint density at radius 3 is 2.39 bits per heavy atom. The van der Waals surface area contributed by atoms with E-state index in [9.17, 15) is 19.2 Å². The van der Waals surface area contributed by atoms with Crippen LogP contribution >= 0.6 is 34.8 Å². The summed E-state index contributed by atoms with van der Waals surface area (Å²) in [4.78, 5) is 53.3. The van der Waals surface area contributed by atoms with Gasteiger partial charge in [-0.25, -0.2) is 5.01 Å². The molecule has 6 nitrogen and oxygen atoms in total. The number of halogens is 3. The number of nitrogens with zero attached hydrogens (tertiary/aromatic N) is 2. The van der Waals surface area contributed by atoms with Gasteiger partial charge in [0.2, 0.25) is 0 Å². The van der Waals surface area contributed by atoms with Crippen molar-refractivity contribution in [1.82, 2.24) is 10.0 Å². The fraction of sp³-hybridized carbons (Fsp3) is 0.250. The first-order chi connectivity index (χ1) is 15.7. The summed E-state index contributed by atoms with van der Waals surface area (Å²) in [6, 6.07) is 10.6. The number of carbonyl (C=O) groups is 4. The molecule has 1 saturated heterocycles. The van der Waals surface area contributed by atoms with Gasteiger partial charge in [0.25, 0.3) is 17.7 Å². The lowest BCUT2D eigenvalue weighted by atomic mass is 9.78. The molecule has 2 aromatic carbocycles. The average Bonchev–Trinajstić information content (AvgIpc) is 3.03. The number of ketones is 1. The van der Waals surface area contributed by atoms with E-state index in [0.717, 1.165) is 10.0 Å². The highest BCUT2D eigenvalue weighted by molar-refractivity contribution is 6.37. The number of allylic oxidation sites excluding steroid dienone is 2. The monoisotopic (exact) mass is 504 g/mol. The highest BCUT2D eigenvalue weighted by atomic mass is 35.5. The summed E-state index contributed by atoms with van der Waals surface area (Å²) in [6.07, 6.45) is 4.13. The molecule has 3 atom stereocenters. The van der Waals surface area contributed by atoms with Crippen LogP contribution in [0.1, 0.15) is 34.1 Å². The van der Waals surface area contributed by atoms with E-state index in [1.165, 1.54) is 30.3 Å². The number of carbonyl (C=O) groups excluding carboxylic acids is 4. The van der Waals surface area contributed by atoms with Crippen molar-refractivity contribution in [2.75, 3.05) is 6.54 Å². The number of Topliss-reactive ketones (excluding diaryl/α,β-unsaturated/α-hetero) is 1. The van der Waals surface area contributed by atoms with E-state index >= 15 is 0 Å². The maximum atomic E-state index is 13.5. The zero-order chi connectivity index (χ0) is 23.9. The molecule has 0 N–H and O–H groups in total. The number of amides is 3. The van der Waals surface area contributed by atoms with Crippen LogP contribution in [0.15, 0.2) is 54.6 Å². The fourth-order valence-electron chi connectivity index (χ4n) is 4.31. The molecule has 4 rings (SSSR count). The topological polar surface area (TPSA) is 74.8 Å². The van der Waals surface area contributed by atoms with Crippen LogP contribution < -0.4 is 0 Å².